The predicted molar refractivity (Wildman–Crippen MR) is 114 cm³/mol. The van der Waals surface area contributed by atoms with Gasteiger partial charge in [0.1, 0.15) is 12.4 Å². The van der Waals surface area contributed by atoms with Crippen LogP contribution in [0.5, 0.6) is 17.2 Å². The van der Waals surface area contributed by atoms with Crippen molar-refractivity contribution >= 4 is 5.96 Å². The van der Waals surface area contributed by atoms with Gasteiger partial charge in [-0.15, -0.1) is 0 Å². The second-order valence-corrected chi connectivity index (χ2v) is 6.97. The van der Waals surface area contributed by atoms with Crippen LogP contribution in [0, 0.1) is 0 Å². The van der Waals surface area contributed by atoms with Crippen molar-refractivity contribution in [2.75, 3.05) is 41.0 Å². The minimum Gasteiger partial charge on any atom is -0.493 e. The molecule has 2 N–H and O–H groups in total. The molecule has 0 aliphatic rings. The molecule has 0 amide bonds. The predicted octanol–water partition coefficient (Wildman–Crippen LogP) is 3.23. The number of guanidine groups is 1. The summed E-state index contributed by atoms with van der Waals surface area (Å²) in [5, 5.41) is 6.66. The molecule has 6 nitrogen and oxygen atoms in total. The summed E-state index contributed by atoms with van der Waals surface area (Å²) in [6.45, 7) is 6.27. The maximum Gasteiger partial charge on any atom is 0.191 e. The summed E-state index contributed by atoms with van der Waals surface area (Å²) in [5.41, 5.74) is 1.03. The van der Waals surface area contributed by atoms with Crippen LogP contribution in [-0.2, 0) is 5.41 Å². The molecule has 28 heavy (non-hydrogen) atoms. The third-order valence-electron chi connectivity index (χ3n) is 4.49. The zero-order chi connectivity index (χ0) is 20.4. The molecule has 0 bridgehead atoms. The number of ether oxygens (including phenoxy) is 3. The Morgan fingerprint density at radius 3 is 2.32 bits per heavy atom. The molecular weight excluding hydrogens is 354 g/mol. The number of hydrogen-bond donors (Lipinski definition) is 2. The highest BCUT2D eigenvalue weighted by atomic mass is 16.5. The van der Waals surface area contributed by atoms with Crippen molar-refractivity contribution < 1.29 is 14.2 Å². The molecule has 6 heteroatoms. The van der Waals surface area contributed by atoms with E-state index in [0.717, 1.165) is 28.8 Å². The molecule has 2 rings (SSSR count). The molecule has 0 aliphatic heterocycles. The molecule has 2 aromatic carbocycles. The molecule has 0 fully saturated rings. The van der Waals surface area contributed by atoms with Crippen LogP contribution in [-0.4, -0.2) is 46.9 Å². The molecule has 0 heterocycles. The second kappa shape index (κ2) is 10.4. The van der Waals surface area contributed by atoms with E-state index in [-0.39, 0.29) is 5.41 Å². The van der Waals surface area contributed by atoms with E-state index in [1.54, 1.807) is 21.3 Å². The van der Waals surface area contributed by atoms with Gasteiger partial charge in [0, 0.05) is 19.0 Å². The molecule has 0 aromatic heterocycles. The molecule has 0 radical (unpaired) electrons. The van der Waals surface area contributed by atoms with Gasteiger partial charge in [-0.05, 0) is 29.8 Å². The van der Waals surface area contributed by atoms with E-state index in [1.807, 2.05) is 42.5 Å². The van der Waals surface area contributed by atoms with E-state index in [4.69, 9.17) is 14.2 Å². The zero-order valence-electron chi connectivity index (χ0n) is 17.4. The van der Waals surface area contributed by atoms with Crippen LogP contribution in [0.2, 0.25) is 0 Å². The fourth-order valence-electron chi connectivity index (χ4n) is 2.74. The highest BCUT2D eigenvalue weighted by Crippen LogP contribution is 2.32. The number of aliphatic imine (C=N–C) groups is 1. The van der Waals surface area contributed by atoms with Gasteiger partial charge in [-0.3, -0.25) is 4.99 Å². The van der Waals surface area contributed by atoms with Gasteiger partial charge in [-0.1, -0.05) is 38.1 Å². The van der Waals surface area contributed by atoms with Crippen LogP contribution in [0.4, 0.5) is 0 Å². The quantitative estimate of drug-likeness (QED) is 0.394. The normalized spacial score (nSPS) is 11.7. The Kier molecular flexibility index (Phi) is 7.99. The Morgan fingerprint density at radius 1 is 0.964 bits per heavy atom. The largest absolute Gasteiger partial charge is 0.493 e. The zero-order valence-corrected chi connectivity index (χ0v) is 17.4. The van der Waals surface area contributed by atoms with Gasteiger partial charge in [-0.2, -0.15) is 0 Å². The van der Waals surface area contributed by atoms with E-state index in [2.05, 4.69) is 35.5 Å². The summed E-state index contributed by atoms with van der Waals surface area (Å²) in [7, 11) is 5.05. The fraction of sp³-hybridized carbons (Fsp3) is 0.409. The lowest BCUT2D eigenvalue weighted by Gasteiger charge is -2.27. The van der Waals surface area contributed by atoms with Crippen molar-refractivity contribution in [3.8, 4) is 17.2 Å². The minimum absolute atomic E-state index is 0.127. The number of benzene rings is 2. The number of rotatable bonds is 9. The van der Waals surface area contributed by atoms with Crippen LogP contribution in [0.3, 0.4) is 0 Å². The summed E-state index contributed by atoms with van der Waals surface area (Å²) < 4.78 is 16.4. The highest BCUT2D eigenvalue weighted by Gasteiger charge is 2.22. The number of methoxy groups -OCH3 is 2. The van der Waals surface area contributed by atoms with Crippen LogP contribution < -0.4 is 24.8 Å². The summed E-state index contributed by atoms with van der Waals surface area (Å²) in [6.07, 6.45) is 0. The molecule has 0 atom stereocenters. The van der Waals surface area contributed by atoms with Crippen molar-refractivity contribution in [3.05, 3.63) is 54.1 Å². The van der Waals surface area contributed by atoms with Crippen molar-refractivity contribution in [1.29, 1.82) is 0 Å². The van der Waals surface area contributed by atoms with Gasteiger partial charge in [0.15, 0.2) is 17.5 Å². The maximum atomic E-state index is 5.69. The van der Waals surface area contributed by atoms with E-state index in [9.17, 15) is 0 Å². The molecule has 152 valence electrons. The van der Waals surface area contributed by atoms with Crippen LogP contribution in [0.25, 0.3) is 0 Å². The lowest BCUT2D eigenvalue weighted by molar-refractivity contribution is 0.321. The van der Waals surface area contributed by atoms with Crippen molar-refractivity contribution in [2.24, 2.45) is 4.99 Å². The molecule has 0 aliphatic carbocycles. The third kappa shape index (κ3) is 6.08. The number of nitrogens with one attached hydrogen (secondary N) is 2. The summed E-state index contributed by atoms with van der Waals surface area (Å²) in [4.78, 5) is 4.28. The molecule has 0 spiro atoms. The fourth-order valence-corrected chi connectivity index (χ4v) is 2.74. The van der Waals surface area contributed by atoms with Gasteiger partial charge in [0.25, 0.3) is 0 Å². The molecule has 0 unspecified atom stereocenters. The van der Waals surface area contributed by atoms with Gasteiger partial charge in [-0.25, -0.2) is 0 Å². The second-order valence-electron chi connectivity index (χ2n) is 6.97. The third-order valence-corrected chi connectivity index (χ3v) is 4.49. The lowest BCUT2D eigenvalue weighted by Crippen LogP contribution is -2.44. The van der Waals surface area contributed by atoms with Gasteiger partial charge in [0.2, 0.25) is 0 Å². The Morgan fingerprint density at radius 2 is 1.68 bits per heavy atom. The first-order valence-corrected chi connectivity index (χ1v) is 9.35. The molecule has 0 saturated heterocycles. The van der Waals surface area contributed by atoms with E-state index in [1.165, 1.54) is 0 Å². The Hall–Kier alpha value is -2.89. The molecule has 2 aromatic rings. The highest BCUT2D eigenvalue weighted by molar-refractivity contribution is 5.79. The number of para-hydroxylation sites is 1. The van der Waals surface area contributed by atoms with Gasteiger partial charge < -0.3 is 24.8 Å². The Balaban J connectivity index is 1.85. The smallest absolute Gasteiger partial charge is 0.191 e. The maximum absolute atomic E-state index is 5.69. The van der Waals surface area contributed by atoms with E-state index < -0.39 is 0 Å². The topological polar surface area (TPSA) is 64.1 Å². The van der Waals surface area contributed by atoms with Crippen LogP contribution in [0.1, 0.15) is 19.4 Å². The van der Waals surface area contributed by atoms with Crippen molar-refractivity contribution in [1.82, 2.24) is 10.6 Å². The first-order chi connectivity index (χ1) is 13.5. The van der Waals surface area contributed by atoms with E-state index >= 15 is 0 Å². The SMILES string of the molecule is CN=C(NCCOc1ccccc1)NCC(C)(C)c1ccc(OC)c(OC)c1. The Bertz CT molecular complexity index is 761. The average Bonchev–Trinajstić information content (AvgIpc) is 2.73. The number of nitrogens with zero attached hydrogens (tertiary/aromatic N) is 1. The average molecular weight is 386 g/mol. The summed E-state index contributed by atoms with van der Waals surface area (Å²) in [6, 6.07) is 15.8. The van der Waals surface area contributed by atoms with Crippen molar-refractivity contribution in [3.63, 3.8) is 0 Å². The monoisotopic (exact) mass is 385 g/mol. The number of hydrogen-bond acceptors (Lipinski definition) is 4. The summed E-state index contributed by atoms with van der Waals surface area (Å²) in [5.74, 6) is 3.06. The Labute approximate surface area is 167 Å². The first kappa shape index (κ1) is 21.4. The van der Waals surface area contributed by atoms with Gasteiger partial charge >= 0.3 is 0 Å². The molecule has 0 saturated carbocycles. The van der Waals surface area contributed by atoms with Crippen LogP contribution >= 0.6 is 0 Å². The first-order valence-electron chi connectivity index (χ1n) is 9.35. The minimum atomic E-state index is -0.127. The van der Waals surface area contributed by atoms with Crippen molar-refractivity contribution in [2.45, 2.75) is 19.3 Å². The van der Waals surface area contributed by atoms with Crippen LogP contribution in [0.15, 0.2) is 53.5 Å². The standard InChI is InChI=1S/C22H31N3O3/c1-22(2,17-11-12-19(26-4)20(15-17)27-5)16-25-21(23-3)24-13-14-28-18-9-7-6-8-10-18/h6-12,15H,13-14,16H2,1-5H3,(H2,23,24,25). The molecular formula is C22H31N3O3. The van der Waals surface area contributed by atoms with Gasteiger partial charge in [0.05, 0.1) is 20.8 Å². The lowest BCUT2D eigenvalue weighted by atomic mass is 9.84. The van der Waals surface area contributed by atoms with E-state index in [0.29, 0.717) is 19.7 Å². The summed E-state index contributed by atoms with van der Waals surface area (Å²) >= 11 is 0.